The lowest BCUT2D eigenvalue weighted by molar-refractivity contribution is -0.203. The normalized spacial score (nSPS) is 15.3. The van der Waals surface area contributed by atoms with Crippen molar-refractivity contribution in [2.45, 2.75) is 51.3 Å². The number of benzene rings is 1. The van der Waals surface area contributed by atoms with Gasteiger partial charge in [-0.15, -0.1) is 0 Å². The van der Waals surface area contributed by atoms with Crippen molar-refractivity contribution < 1.29 is 27.9 Å². The summed E-state index contributed by atoms with van der Waals surface area (Å²) in [4.78, 5) is 12.2. The van der Waals surface area contributed by atoms with Crippen LogP contribution in [0, 0.1) is 19.8 Å². The zero-order chi connectivity index (χ0) is 25.2. The third-order valence-corrected chi connectivity index (χ3v) is 7.03. The predicted molar refractivity (Wildman–Crippen MR) is 133 cm³/mol. The summed E-state index contributed by atoms with van der Waals surface area (Å²) < 4.78 is 41.7. The van der Waals surface area contributed by atoms with Crippen LogP contribution in [0.2, 0.25) is 0 Å². The molecule has 0 saturated carbocycles. The molecular formula is C25H33N3O6S. The van der Waals surface area contributed by atoms with E-state index in [0.717, 1.165) is 22.4 Å². The van der Waals surface area contributed by atoms with Gasteiger partial charge in [-0.05, 0) is 27.7 Å². The molecule has 0 saturated heterocycles. The topological polar surface area (TPSA) is 105 Å². The molecule has 2 atom stereocenters. The van der Waals surface area contributed by atoms with Crippen LogP contribution in [0.1, 0.15) is 37.6 Å². The molecule has 0 aliphatic carbocycles. The highest BCUT2D eigenvalue weighted by Crippen LogP contribution is 2.34. The summed E-state index contributed by atoms with van der Waals surface area (Å²) >= 11 is 0. The molecule has 0 spiro atoms. The number of nitrogens with one attached hydrogen (secondary N) is 1. The largest absolute Gasteiger partial charge is 0.493 e. The maximum absolute atomic E-state index is 13.2. The first-order chi connectivity index (χ1) is 16.7. The van der Waals surface area contributed by atoms with Crippen molar-refractivity contribution in [1.82, 2.24) is 15.0 Å². The monoisotopic (exact) mass is 503 g/mol. The Hall–Kier alpha value is -2.69. The molecule has 1 N–H and O–H groups in total. The van der Waals surface area contributed by atoms with E-state index in [9.17, 15) is 4.21 Å². The minimum absolute atomic E-state index is 0.156. The second-order valence-electron chi connectivity index (χ2n) is 9.22. The summed E-state index contributed by atoms with van der Waals surface area (Å²) in [7, 11) is 0.202. The summed E-state index contributed by atoms with van der Waals surface area (Å²) in [5, 5.41) is 0.387. The average Bonchev–Trinajstić information content (AvgIpc) is 3.26. The van der Waals surface area contributed by atoms with Crippen LogP contribution in [-0.4, -0.2) is 58.5 Å². The fourth-order valence-electron chi connectivity index (χ4n) is 3.62. The molecule has 1 aromatic carbocycles. The van der Waals surface area contributed by atoms with Crippen molar-refractivity contribution in [3.8, 4) is 17.2 Å². The van der Waals surface area contributed by atoms with Gasteiger partial charge in [0.05, 0.1) is 46.5 Å². The maximum Gasteiger partial charge on any atom is 0.197 e. The van der Waals surface area contributed by atoms with Crippen LogP contribution in [0.5, 0.6) is 17.2 Å². The third kappa shape index (κ3) is 5.94. The SMILES string of the molecule is COC(C)(C)OCC(C)COc1c(C)cnc(CS(=O)c2nc3cc4c(cc3[nH]2)OCCO4)c1C. The molecular weight excluding hydrogens is 470 g/mol. The van der Waals surface area contributed by atoms with E-state index < -0.39 is 16.6 Å². The number of fused-ring (bicyclic) bond motifs is 2. The summed E-state index contributed by atoms with van der Waals surface area (Å²) in [6.07, 6.45) is 1.76. The lowest BCUT2D eigenvalue weighted by Gasteiger charge is -2.25. The number of rotatable bonds is 10. The molecule has 0 fully saturated rings. The predicted octanol–water partition coefficient (Wildman–Crippen LogP) is 4.07. The van der Waals surface area contributed by atoms with Crippen molar-refractivity contribution in [3.63, 3.8) is 0 Å². The lowest BCUT2D eigenvalue weighted by atomic mass is 10.1. The standard InChI is InChI=1S/C25H33N3O6S/c1-15(13-34-25(4,5)30-6)12-33-23-16(2)11-26-20(17(23)3)14-35(29)24-27-18-9-21-22(10-19(18)28-24)32-8-7-31-21/h9-11,15H,7-8,12-14H2,1-6H3,(H,27,28). The molecule has 3 aromatic rings. The van der Waals surface area contributed by atoms with E-state index in [4.69, 9.17) is 23.7 Å². The van der Waals surface area contributed by atoms with Gasteiger partial charge in [0.15, 0.2) is 22.4 Å². The molecule has 0 radical (unpaired) electrons. The summed E-state index contributed by atoms with van der Waals surface area (Å²) in [5.74, 6) is 1.81. The Morgan fingerprint density at radius 2 is 1.89 bits per heavy atom. The van der Waals surface area contributed by atoms with E-state index in [0.29, 0.717) is 54.3 Å². The number of ether oxygens (including phenoxy) is 5. The fourth-order valence-corrected chi connectivity index (χ4v) is 4.72. The number of hydrogen-bond donors (Lipinski definition) is 1. The first kappa shape index (κ1) is 25.4. The Bertz CT molecular complexity index is 1180. The minimum atomic E-state index is -1.42. The van der Waals surface area contributed by atoms with Gasteiger partial charge >= 0.3 is 0 Å². The van der Waals surface area contributed by atoms with E-state index in [1.54, 1.807) is 19.4 Å². The van der Waals surface area contributed by atoms with Gasteiger partial charge in [-0.2, -0.15) is 0 Å². The van der Waals surface area contributed by atoms with Crippen molar-refractivity contribution in [2.24, 2.45) is 5.92 Å². The third-order valence-electron chi connectivity index (χ3n) is 5.87. The fraction of sp³-hybridized carbons (Fsp3) is 0.520. The van der Waals surface area contributed by atoms with Crippen LogP contribution in [0.3, 0.4) is 0 Å². The highest BCUT2D eigenvalue weighted by atomic mass is 32.2. The van der Waals surface area contributed by atoms with Crippen LogP contribution in [0.25, 0.3) is 11.0 Å². The van der Waals surface area contributed by atoms with Gasteiger partial charge in [0.25, 0.3) is 0 Å². The number of aryl methyl sites for hydroxylation is 1. The van der Waals surface area contributed by atoms with Crippen molar-refractivity contribution in [2.75, 3.05) is 33.5 Å². The molecule has 190 valence electrons. The highest BCUT2D eigenvalue weighted by Gasteiger charge is 2.21. The van der Waals surface area contributed by atoms with Crippen LogP contribution >= 0.6 is 0 Å². The molecule has 2 aromatic heterocycles. The Balaban J connectivity index is 1.45. The van der Waals surface area contributed by atoms with Crippen molar-refractivity contribution in [3.05, 3.63) is 35.2 Å². The second-order valence-corrected chi connectivity index (χ2v) is 10.6. The molecule has 35 heavy (non-hydrogen) atoms. The van der Waals surface area contributed by atoms with Gasteiger partial charge in [-0.1, -0.05) is 6.92 Å². The van der Waals surface area contributed by atoms with Gasteiger partial charge < -0.3 is 28.7 Å². The first-order valence-electron chi connectivity index (χ1n) is 11.6. The number of hydrogen-bond acceptors (Lipinski definition) is 8. The average molecular weight is 504 g/mol. The molecule has 0 amide bonds. The molecule has 9 nitrogen and oxygen atoms in total. The Labute approximate surface area is 207 Å². The molecule has 1 aliphatic rings. The van der Waals surface area contributed by atoms with Crippen LogP contribution < -0.4 is 14.2 Å². The number of nitrogens with zero attached hydrogens (tertiary/aromatic N) is 2. The summed E-state index contributed by atoms with van der Waals surface area (Å²) in [6.45, 7) is 11.7. The van der Waals surface area contributed by atoms with Crippen molar-refractivity contribution in [1.29, 1.82) is 0 Å². The Morgan fingerprint density at radius 1 is 1.17 bits per heavy atom. The zero-order valence-corrected chi connectivity index (χ0v) is 21.9. The van der Waals surface area contributed by atoms with Gasteiger partial charge in [0, 0.05) is 42.5 Å². The molecule has 1 aliphatic heterocycles. The number of H-pyrrole nitrogens is 1. The van der Waals surface area contributed by atoms with E-state index in [-0.39, 0.29) is 11.7 Å². The summed E-state index contributed by atoms with van der Waals surface area (Å²) in [5.41, 5.74) is 3.94. The quantitative estimate of drug-likeness (QED) is 0.413. The van der Waals surface area contributed by atoms with Crippen LogP contribution in [0.4, 0.5) is 0 Å². The number of pyridine rings is 1. The molecule has 10 heteroatoms. The Morgan fingerprint density at radius 3 is 2.60 bits per heavy atom. The van der Waals surface area contributed by atoms with Crippen LogP contribution in [-0.2, 0) is 26.0 Å². The van der Waals surface area contributed by atoms with Gasteiger partial charge in [0.1, 0.15) is 19.0 Å². The smallest absolute Gasteiger partial charge is 0.197 e. The number of aromatic nitrogens is 3. The van der Waals surface area contributed by atoms with E-state index >= 15 is 0 Å². The number of aromatic amines is 1. The highest BCUT2D eigenvalue weighted by molar-refractivity contribution is 7.84. The second kappa shape index (κ2) is 10.5. The number of imidazole rings is 1. The number of methoxy groups -OCH3 is 1. The van der Waals surface area contributed by atoms with E-state index in [2.05, 4.69) is 21.9 Å². The van der Waals surface area contributed by atoms with Gasteiger partial charge in [0.2, 0.25) is 0 Å². The lowest BCUT2D eigenvalue weighted by Crippen LogP contribution is -2.30. The Kier molecular flexibility index (Phi) is 7.63. The minimum Gasteiger partial charge on any atom is -0.493 e. The summed E-state index contributed by atoms with van der Waals surface area (Å²) in [6, 6.07) is 3.64. The first-order valence-corrected chi connectivity index (χ1v) is 12.9. The maximum atomic E-state index is 13.2. The molecule has 4 rings (SSSR count). The van der Waals surface area contributed by atoms with E-state index in [1.165, 1.54) is 0 Å². The molecule has 3 heterocycles. The van der Waals surface area contributed by atoms with Gasteiger partial charge in [-0.25, -0.2) is 4.98 Å². The zero-order valence-electron chi connectivity index (χ0n) is 21.1. The van der Waals surface area contributed by atoms with Crippen LogP contribution in [0.15, 0.2) is 23.5 Å². The molecule has 2 unspecified atom stereocenters. The van der Waals surface area contributed by atoms with Crippen molar-refractivity contribution >= 4 is 21.8 Å². The van der Waals surface area contributed by atoms with Gasteiger partial charge in [-0.3, -0.25) is 9.19 Å². The molecule has 0 bridgehead atoms. The van der Waals surface area contributed by atoms with E-state index in [1.807, 2.05) is 33.8 Å².